The summed E-state index contributed by atoms with van der Waals surface area (Å²) in [6, 6.07) is 7.90. The molecule has 0 aliphatic heterocycles. The van der Waals surface area contributed by atoms with Crippen molar-refractivity contribution in [2.45, 2.75) is 33.1 Å². The van der Waals surface area contributed by atoms with Gasteiger partial charge in [0, 0.05) is 10.9 Å². The van der Waals surface area contributed by atoms with Crippen molar-refractivity contribution in [1.29, 1.82) is 0 Å². The fourth-order valence-electron chi connectivity index (χ4n) is 2.09. The Bertz CT molecular complexity index is 620. The van der Waals surface area contributed by atoms with Gasteiger partial charge in [0.1, 0.15) is 0 Å². The van der Waals surface area contributed by atoms with Gasteiger partial charge in [-0.3, -0.25) is 4.79 Å². The number of hydrogen-bond acceptors (Lipinski definition) is 4. The smallest absolute Gasteiger partial charge is 0.303 e. The molecule has 1 aromatic heterocycles. The minimum atomic E-state index is -0.824. The lowest BCUT2D eigenvalue weighted by atomic mass is 9.86. The third-order valence-electron chi connectivity index (χ3n) is 3.04. The predicted octanol–water partition coefficient (Wildman–Crippen LogP) is 3.47. The maximum Gasteiger partial charge on any atom is 0.303 e. The zero-order valence-corrected chi connectivity index (χ0v) is 13.6. The second kappa shape index (κ2) is 6.39. The molecule has 0 atom stereocenters. The fraction of sp³-hybridized carbons (Fsp3) is 0.400. The quantitative estimate of drug-likeness (QED) is 0.861. The summed E-state index contributed by atoms with van der Waals surface area (Å²) < 4.78 is 6.63. The summed E-state index contributed by atoms with van der Waals surface area (Å²) in [5, 5.41) is 16.9. The van der Waals surface area contributed by atoms with Crippen LogP contribution in [0, 0.1) is 5.41 Å². The summed E-state index contributed by atoms with van der Waals surface area (Å²) in [5.74, 6) is 0.196. The van der Waals surface area contributed by atoms with E-state index in [0.29, 0.717) is 24.6 Å². The Kier molecular flexibility index (Phi) is 4.77. The van der Waals surface area contributed by atoms with Crippen LogP contribution in [0.2, 0.25) is 0 Å². The molecule has 2 rings (SSSR count). The number of carboxylic acids is 1. The third kappa shape index (κ3) is 4.97. The number of nitrogens with zero attached hydrogens (tertiary/aromatic N) is 2. The molecule has 0 aliphatic rings. The fourth-order valence-corrected chi connectivity index (χ4v) is 2.35. The maximum absolute atomic E-state index is 10.8. The van der Waals surface area contributed by atoms with Crippen molar-refractivity contribution in [2.75, 3.05) is 0 Å². The van der Waals surface area contributed by atoms with E-state index in [1.54, 1.807) is 0 Å². The van der Waals surface area contributed by atoms with Crippen molar-refractivity contribution in [3.63, 3.8) is 0 Å². The first-order chi connectivity index (χ1) is 9.84. The average Bonchev–Trinajstić information content (AvgIpc) is 2.77. The Hall–Kier alpha value is -1.69. The molecule has 0 bridgehead atoms. The van der Waals surface area contributed by atoms with E-state index in [1.807, 2.05) is 38.1 Å². The van der Waals surface area contributed by atoms with E-state index in [0.717, 1.165) is 10.0 Å². The number of carboxylic acid groups (broad SMARTS) is 1. The van der Waals surface area contributed by atoms with Gasteiger partial charge in [0.15, 0.2) is 0 Å². The van der Waals surface area contributed by atoms with E-state index in [4.69, 9.17) is 9.52 Å². The molecular formula is C15H17BrN2O3. The van der Waals surface area contributed by atoms with Gasteiger partial charge in [0.05, 0.1) is 12.8 Å². The number of benzene rings is 1. The SMILES string of the molecule is CC(C)(CC(=O)O)Cc1nnc(Cc2ccc(Br)cc2)o1. The lowest BCUT2D eigenvalue weighted by Crippen LogP contribution is -2.19. The van der Waals surface area contributed by atoms with Crippen molar-refractivity contribution in [3.05, 3.63) is 46.1 Å². The summed E-state index contributed by atoms with van der Waals surface area (Å²) in [5.41, 5.74) is 0.672. The monoisotopic (exact) mass is 352 g/mol. The maximum atomic E-state index is 10.8. The number of rotatable bonds is 6. The van der Waals surface area contributed by atoms with Gasteiger partial charge >= 0.3 is 5.97 Å². The van der Waals surface area contributed by atoms with Gasteiger partial charge in [-0.25, -0.2) is 0 Å². The molecule has 0 amide bonds. The standard InChI is InChI=1S/C15H17BrN2O3/c1-15(2,9-14(19)20)8-13-18-17-12(21-13)7-10-3-5-11(16)6-4-10/h3-6H,7-9H2,1-2H3,(H,19,20). The molecule has 0 spiro atoms. The molecule has 0 radical (unpaired) electrons. The van der Waals surface area contributed by atoms with E-state index in [2.05, 4.69) is 26.1 Å². The number of aliphatic carboxylic acids is 1. The summed E-state index contributed by atoms with van der Waals surface area (Å²) in [7, 11) is 0. The molecule has 0 fully saturated rings. The highest BCUT2D eigenvalue weighted by Crippen LogP contribution is 2.25. The van der Waals surface area contributed by atoms with Gasteiger partial charge < -0.3 is 9.52 Å². The second-order valence-electron chi connectivity index (χ2n) is 5.80. The molecule has 0 aliphatic carbocycles. The molecule has 0 saturated carbocycles. The molecule has 1 N–H and O–H groups in total. The Balaban J connectivity index is 2.01. The van der Waals surface area contributed by atoms with E-state index in [-0.39, 0.29) is 6.42 Å². The summed E-state index contributed by atoms with van der Waals surface area (Å²) in [4.78, 5) is 10.8. The Morgan fingerprint density at radius 1 is 1.24 bits per heavy atom. The van der Waals surface area contributed by atoms with Gasteiger partial charge in [-0.2, -0.15) is 0 Å². The highest BCUT2D eigenvalue weighted by atomic mass is 79.9. The summed E-state index contributed by atoms with van der Waals surface area (Å²) >= 11 is 3.39. The average molecular weight is 353 g/mol. The molecule has 0 saturated heterocycles. The van der Waals surface area contributed by atoms with Crippen molar-refractivity contribution >= 4 is 21.9 Å². The van der Waals surface area contributed by atoms with Crippen LogP contribution in [0.5, 0.6) is 0 Å². The zero-order valence-electron chi connectivity index (χ0n) is 12.0. The van der Waals surface area contributed by atoms with Crippen LogP contribution in [-0.4, -0.2) is 21.3 Å². The van der Waals surface area contributed by atoms with Crippen LogP contribution in [0.3, 0.4) is 0 Å². The van der Waals surface area contributed by atoms with E-state index >= 15 is 0 Å². The lowest BCUT2D eigenvalue weighted by Gasteiger charge is -2.19. The molecule has 0 unspecified atom stereocenters. The van der Waals surface area contributed by atoms with Crippen LogP contribution in [0.1, 0.15) is 37.6 Å². The first kappa shape index (κ1) is 15.7. The van der Waals surface area contributed by atoms with E-state index < -0.39 is 11.4 Å². The molecule has 2 aromatic rings. The molecule has 6 heteroatoms. The highest BCUT2D eigenvalue weighted by molar-refractivity contribution is 9.10. The summed E-state index contributed by atoms with van der Waals surface area (Å²) in [6.45, 7) is 3.75. The van der Waals surface area contributed by atoms with E-state index in [9.17, 15) is 4.79 Å². The number of aromatic nitrogens is 2. The molecule has 21 heavy (non-hydrogen) atoms. The largest absolute Gasteiger partial charge is 0.481 e. The Morgan fingerprint density at radius 3 is 2.48 bits per heavy atom. The first-order valence-corrected chi connectivity index (χ1v) is 7.41. The minimum absolute atomic E-state index is 0.0669. The van der Waals surface area contributed by atoms with Gasteiger partial charge in [0.25, 0.3) is 0 Å². The van der Waals surface area contributed by atoms with Gasteiger partial charge in [-0.15, -0.1) is 10.2 Å². The molecule has 112 valence electrons. The van der Waals surface area contributed by atoms with Crippen LogP contribution in [0.25, 0.3) is 0 Å². The van der Waals surface area contributed by atoms with Crippen LogP contribution < -0.4 is 0 Å². The Morgan fingerprint density at radius 2 is 1.86 bits per heavy atom. The second-order valence-corrected chi connectivity index (χ2v) is 6.72. The minimum Gasteiger partial charge on any atom is -0.481 e. The van der Waals surface area contributed by atoms with Crippen LogP contribution in [-0.2, 0) is 17.6 Å². The molecule has 5 nitrogen and oxygen atoms in total. The molecular weight excluding hydrogens is 336 g/mol. The first-order valence-electron chi connectivity index (χ1n) is 6.61. The Labute approximate surface area is 131 Å². The summed E-state index contributed by atoms with van der Waals surface area (Å²) in [6.07, 6.45) is 1.09. The van der Waals surface area contributed by atoms with Gasteiger partial charge in [0.2, 0.25) is 11.8 Å². The van der Waals surface area contributed by atoms with Crippen LogP contribution in [0.15, 0.2) is 33.2 Å². The predicted molar refractivity (Wildman–Crippen MR) is 81.0 cm³/mol. The number of carbonyl (C=O) groups is 1. The normalized spacial score (nSPS) is 11.6. The van der Waals surface area contributed by atoms with Crippen molar-refractivity contribution in [1.82, 2.24) is 10.2 Å². The van der Waals surface area contributed by atoms with Crippen molar-refractivity contribution < 1.29 is 14.3 Å². The lowest BCUT2D eigenvalue weighted by molar-refractivity contribution is -0.139. The number of hydrogen-bond donors (Lipinski definition) is 1. The van der Waals surface area contributed by atoms with Crippen molar-refractivity contribution in [2.24, 2.45) is 5.41 Å². The van der Waals surface area contributed by atoms with Crippen LogP contribution in [0.4, 0.5) is 0 Å². The zero-order chi connectivity index (χ0) is 15.5. The third-order valence-corrected chi connectivity index (χ3v) is 3.57. The topological polar surface area (TPSA) is 76.2 Å². The molecule has 1 heterocycles. The molecule has 1 aromatic carbocycles. The van der Waals surface area contributed by atoms with Gasteiger partial charge in [-0.05, 0) is 23.1 Å². The van der Waals surface area contributed by atoms with Crippen molar-refractivity contribution in [3.8, 4) is 0 Å². The highest BCUT2D eigenvalue weighted by Gasteiger charge is 2.25. The van der Waals surface area contributed by atoms with Gasteiger partial charge in [-0.1, -0.05) is 41.9 Å². The van der Waals surface area contributed by atoms with E-state index in [1.165, 1.54) is 0 Å². The van der Waals surface area contributed by atoms with Crippen LogP contribution >= 0.6 is 15.9 Å². The number of halogens is 1.